The molecule has 1 N–H and O–H groups in total. The highest BCUT2D eigenvalue weighted by Crippen LogP contribution is 2.11. The van der Waals surface area contributed by atoms with Gasteiger partial charge in [-0.2, -0.15) is 5.26 Å². The number of hydrogen-bond donors (Lipinski definition) is 1. The maximum absolute atomic E-state index is 11.4. The number of nitriles is 1. The summed E-state index contributed by atoms with van der Waals surface area (Å²) >= 11 is 0. The summed E-state index contributed by atoms with van der Waals surface area (Å²) < 4.78 is 0. The predicted octanol–water partition coefficient (Wildman–Crippen LogP) is 1.99. The highest BCUT2D eigenvalue weighted by atomic mass is 16.1. The molecule has 0 saturated carbocycles. The van der Waals surface area contributed by atoms with Gasteiger partial charge in [0.15, 0.2) is 5.78 Å². The molecule has 1 unspecified atom stereocenters. The monoisotopic (exact) mass is 216 g/mol. The minimum atomic E-state index is -0.688. The summed E-state index contributed by atoms with van der Waals surface area (Å²) in [6, 6.07) is 8.39. The van der Waals surface area contributed by atoms with Crippen molar-refractivity contribution < 1.29 is 9.59 Å². The minimum Gasteiger partial charge on any atom is -0.325 e. The van der Waals surface area contributed by atoms with Crippen LogP contribution >= 0.6 is 0 Å². The lowest BCUT2D eigenvalue weighted by Crippen LogP contribution is -2.18. The van der Waals surface area contributed by atoms with Crippen LogP contribution in [0.2, 0.25) is 0 Å². The number of benzene rings is 1. The highest BCUT2D eigenvalue weighted by Gasteiger charge is 2.11. The molecule has 0 spiro atoms. The van der Waals surface area contributed by atoms with Gasteiger partial charge in [-0.05, 0) is 38.1 Å². The van der Waals surface area contributed by atoms with E-state index >= 15 is 0 Å². The first-order valence-electron chi connectivity index (χ1n) is 4.86. The molecule has 0 aliphatic carbocycles. The number of anilines is 1. The third-order valence-electron chi connectivity index (χ3n) is 2.15. The molecule has 1 aromatic carbocycles. The van der Waals surface area contributed by atoms with Gasteiger partial charge < -0.3 is 5.32 Å². The molecule has 16 heavy (non-hydrogen) atoms. The van der Waals surface area contributed by atoms with Gasteiger partial charge in [-0.15, -0.1) is 0 Å². The molecule has 0 bridgehead atoms. The number of carbonyl (C=O) groups excluding carboxylic acids is 2. The predicted molar refractivity (Wildman–Crippen MR) is 59.9 cm³/mol. The van der Waals surface area contributed by atoms with Crippen molar-refractivity contribution in [1.82, 2.24) is 0 Å². The van der Waals surface area contributed by atoms with Gasteiger partial charge in [0, 0.05) is 11.3 Å². The van der Waals surface area contributed by atoms with E-state index in [4.69, 9.17) is 5.26 Å². The van der Waals surface area contributed by atoms with Gasteiger partial charge in [0.25, 0.3) is 0 Å². The molecule has 0 aliphatic heterocycles. The highest BCUT2D eigenvalue weighted by molar-refractivity contribution is 5.96. The fourth-order valence-electron chi connectivity index (χ4n) is 1.10. The average molecular weight is 216 g/mol. The van der Waals surface area contributed by atoms with E-state index in [0.29, 0.717) is 11.3 Å². The van der Waals surface area contributed by atoms with Crippen LogP contribution in [0.25, 0.3) is 0 Å². The Morgan fingerprint density at radius 2 is 1.88 bits per heavy atom. The Kier molecular flexibility index (Phi) is 3.78. The summed E-state index contributed by atoms with van der Waals surface area (Å²) in [5, 5.41) is 11.1. The van der Waals surface area contributed by atoms with Crippen molar-refractivity contribution in [2.75, 3.05) is 5.32 Å². The molecule has 4 heteroatoms. The Hall–Kier alpha value is -2.15. The SMILES string of the molecule is CC(=O)c1ccc(NC(=O)C(C)C#N)cc1. The lowest BCUT2D eigenvalue weighted by Gasteiger charge is -2.06. The van der Waals surface area contributed by atoms with E-state index in [0.717, 1.165) is 0 Å². The number of Topliss-reactive ketones (excluding diaryl/α,β-unsaturated/α-hetero) is 1. The van der Waals surface area contributed by atoms with Crippen LogP contribution in [-0.4, -0.2) is 11.7 Å². The molecule has 4 nitrogen and oxygen atoms in total. The van der Waals surface area contributed by atoms with E-state index in [2.05, 4.69) is 5.32 Å². The van der Waals surface area contributed by atoms with Crippen LogP contribution in [-0.2, 0) is 4.79 Å². The number of nitrogens with one attached hydrogen (secondary N) is 1. The summed E-state index contributed by atoms with van der Waals surface area (Å²) in [7, 11) is 0. The van der Waals surface area contributed by atoms with Crippen molar-refractivity contribution in [2.24, 2.45) is 5.92 Å². The van der Waals surface area contributed by atoms with Crippen LogP contribution in [0.5, 0.6) is 0 Å². The Labute approximate surface area is 93.9 Å². The second kappa shape index (κ2) is 5.08. The van der Waals surface area contributed by atoms with Gasteiger partial charge >= 0.3 is 0 Å². The fourth-order valence-corrected chi connectivity index (χ4v) is 1.10. The Morgan fingerprint density at radius 1 is 1.31 bits per heavy atom. The van der Waals surface area contributed by atoms with Crippen molar-refractivity contribution in [3.8, 4) is 6.07 Å². The molecule has 0 aromatic heterocycles. The molecule has 0 aliphatic rings. The Morgan fingerprint density at radius 3 is 2.31 bits per heavy atom. The summed E-state index contributed by atoms with van der Waals surface area (Å²) in [6.45, 7) is 3.00. The summed E-state index contributed by atoms with van der Waals surface area (Å²) in [6.07, 6.45) is 0. The molecule has 1 atom stereocenters. The minimum absolute atomic E-state index is 0.0248. The summed E-state index contributed by atoms with van der Waals surface area (Å²) in [5.41, 5.74) is 1.17. The van der Waals surface area contributed by atoms with Crippen LogP contribution < -0.4 is 5.32 Å². The zero-order chi connectivity index (χ0) is 12.1. The number of hydrogen-bond acceptors (Lipinski definition) is 3. The van der Waals surface area contributed by atoms with Crippen LogP contribution in [0.3, 0.4) is 0 Å². The molecule has 1 amide bonds. The first-order chi connectivity index (χ1) is 7.54. The number of rotatable bonds is 3. The lowest BCUT2D eigenvalue weighted by atomic mass is 10.1. The van der Waals surface area contributed by atoms with Gasteiger partial charge in [-0.3, -0.25) is 9.59 Å². The number of carbonyl (C=O) groups is 2. The van der Waals surface area contributed by atoms with Crippen molar-refractivity contribution in [3.05, 3.63) is 29.8 Å². The summed E-state index contributed by atoms with van der Waals surface area (Å²) in [4.78, 5) is 22.4. The fraction of sp³-hybridized carbons (Fsp3) is 0.250. The van der Waals surface area contributed by atoms with Crippen LogP contribution in [0.15, 0.2) is 24.3 Å². The zero-order valence-electron chi connectivity index (χ0n) is 9.15. The smallest absolute Gasteiger partial charge is 0.241 e. The first-order valence-corrected chi connectivity index (χ1v) is 4.86. The molecule has 0 radical (unpaired) electrons. The maximum Gasteiger partial charge on any atom is 0.241 e. The quantitative estimate of drug-likeness (QED) is 0.785. The number of ketones is 1. The first kappa shape index (κ1) is 11.9. The molecule has 0 fully saturated rings. The van der Waals surface area contributed by atoms with Gasteiger partial charge in [-0.1, -0.05) is 0 Å². The number of nitrogens with zero attached hydrogens (tertiary/aromatic N) is 1. The molecular formula is C12H12N2O2. The molecule has 1 rings (SSSR count). The second-order valence-corrected chi connectivity index (χ2v) is 3.47. The maximum atomic E-state index is 11.4. The standard InChI is InChI=1S/C12H12N2O2/c1-8(7-13)12(16)14-11-5-3-10(4-6-11)9(2)15/h3-6,8H,1-2H3,(H,14,16). The average Bonchev–Trinajstić information content (AvgIpc) is 2.28. The molecule has 0 saturated heterocycles. The van der Waals surface area contributed by atoms with Crippen molar-refractivity contribution in [1.29, 1.82) is 5.26 Å². The van der Waals surface area contributed by atoms with Crippen molar-refractivity contribution >= 4 is 17.4 Å². The zero-order valence-corrected chi connectivity index (χ0v) is 9.15. The van der Waals surface area contributed by atoms with Crippen molar-refractivity contribution in [2.45, 2.75) is 13.8 Å². The third kappa shape index (κ3) is 2.92. The number of amides is 1. The van der Waals surface area contributed by atoms with Gasteiger partial charge in [0.05, 0.1) is 6.07 Å². The van der Waals surface area contributed by atoms with E-state index in [-0.39, 0.29) is 11.7 Å². The molecule has 82 valence electrons. The summed E-state index contributed by atoms with van der Waals surface area (Å²) in [5.74, 6) is -1.06. The van der Waals surface area contributed by atoms with Gasteiger partial charge in [0.1, 0.15) is 5.92 Å². The molecule has 0 heterocycles. The van der Waals surface area contributed by atoms with Gasteiger partial charge in [-0.25, -0.2) is 0 Å². The molecule has 1 aromatic rings. The lowest BCUT2D eigenvalue weighted by molar-refractivity contribution is -0.117. The normalized spacial score (nSPS) is 11.3. The Balaban J connectivity index is 2.73. The van der Waals surface area contributed by atoms with Crippen molar-refractivity contribution in [3.63, 3.8) is 0 Å². The third-order valence-corrected chi connectivity index (χ3v) is 2.15. The Bertz CT molecular complexity index is 443. The van der Waals surface area contributed by atoms with E-state index in [1.165, 1.54) is 13.8 Å². The van der Waals surface area contributed by atoms with E-state index in [9.17, 15) is 9.59 Å². The van der Waals surface area contributed by atoms with Crippen LogP contribution in [0.4, 0.5) is 5.69 Å². The van der Waals surface area contributed by atoms with Crippen LogP contribution in [0.1, 0.15) is 24.2 Å². The van der Waals surface area contributed by atoms with Gasteiger partial charge in [0.2, 0.25) is 5.91 Å². The molecular weight excluding hydrogens is 204 g/mol. The van der Waals surface area contributed by atoms with Crippen LogP contribution in [0, 0.1) is 17.2 Å². The largest absolute Gasteiger partial charge is 0.325 e. The second-order valence-electron chi connectivity index (χ2n) is 3.47. The van der Waals surface area contributed by atoms with E-state index < -0.39 is 5.92 Å². The van der Waals surface area contributed by atoms with E-state index in [1.54, 1.807) is 24.3 Å². The topological polar surface area (TPSA) is 70.0 Å². The van der Waals surface area contributed by atoms with E-state index in [1.807, 2.05) is 6.07 Å².